The van der Waals surface area contributed by atoms with Crippen LogP contribution >= 0.6 is 15.9 Å². The SMILES string of the molecule is CC[C@H](C)NS(=O)(=O)c1cc(Br)ccc1OC. The van der Waals surface area contributed by atoms with E-state index in [2.05, 4.69) is 20.7 Å². The Balaban J connectivity index is 3.18. The summed E-state index contributed by atoms with van der Waals surface area (Å²) in [6, 6.07) is 4.78. The van der Waals surface area contributed by atoms with Gasteiger partial charge in [-0.2, -0.15) is 0 Å². The summed E-state index contributed by atoms with van der Waals surface area (Å²) in [5.74, 6) is 0.337. The number of sulfonamides is 1. The van der Waals surface area contributed by atoms with Crippen LogP contribution in [0.25, 0.3) is 0 Å². The first-order chi connectivity index (χ1) is 7.90. The Morgan fingerprint density at radius 1 is 1.47 bits per heavy atom. The monoisotopic (exact) mass is 321 g/mol. The third-order valence-electron chi connectivity index (χ3n) is 2.38. The fraction of sp³-hybridized carbons (Fsp3) is 0.455. The van der Waals surface area contributed by atoms with Gasteiger partial charge in [-0.1, -0.05) is 22.9 Å². The average Bonchev–Trinajstić information content (AvgIpc) is 2.28. The van der Waals surface area contributed by atoms with Crippen LogP contribution in [0.15, 0.2) is 27.6 Å². The van der Waals surface area contributed by atoms with Gasteiger partial charge in [0.05, 0.1) is 7.11 Å². The summed E-state index contributed by atoms with van der Waals surface area (Å²) in [4.78, 5) is 0.148. The second-order valence-corrected chi connectivity index (χ2v) is 6.32. The summed E-state index contributed by atoms with van der Waals surface area (Å²) < 4.78 is 32.6. The van der Waals surface area contributed by atoms with Crippen LogP contribution in [0, 0.1) is 0 Å². The fourth-order valence-corrected chi connectivity index (χ4v) is 3.31. The van der Waals surface area contributed by atoms with Crippen LogP contribution < -0.4 is 9.46 Å². The minimum absolute atomic E-state index is 0.108. The van der Waals surface area contributed by atoms with E-state index in [4.69, 9.17) is 4.74 Å². The highest BCUT2D eigenvalue weighted by Gasteiger charge is 2.21. The molecule has 1 aromatic rings. The number of halogens is 1. The number of nitrogens with one attached hydrogen (secondary N) is 1. The molecule has 0 saturated carbocycles. The zero-order chi connectivity index (χ0) is 13.1. The number of rotatable bonds is 5. The lowest BCUT2D eigenvalue weighted by atomic mass is 10.3. The lowest BCUT2D eigenvalue weighted by Crippen LogP contribution is -2.32. The molecule has 1 aromatic carbocycles. The Kier molecular flexibility index (Phi) is 4.97. The van der Waals surface area contributed by atoms with Crippen molar-refractivity contribution in [2.45, 2.75) is 31.2 Å². The van der Waals surface area contributed by atoms with Crippen molar-refractivity contribution in [1.82, 2.24) is 4.72 Å². The van der Waals surface area contributed by atoms with E-state index in [0.29, 0.717) is 10.2 Å². The highest BCUT2D eigenvalue weighted by Crippen LogP contribution is 2.27. The van der Waals surface area contributed by atoms with Crippen LogP contribution in [0.5, 0.6) is 5.75 Å². The van der Waals surface area contributed by atoms with Crippen LogP contribution in [-0.4, -0.2) is 21.6 Å². The summed E-state index contributed by atoms with van der Waals surface area (Å²) in [6.07, 6.45) is 0.732. The van der Waals surface area contributed by atoms with E-state index in [1.54, 1.807) is 12.1 Å². The number of benzene rings is 1. The summed E-state index contributed by atoms with van der Waals surface area (Å²) in [7, 11) is -2.09. The topological polar surface area (TPSA) is 55.4 Å². The van der Waals surface area contributed by atoms with Crippen LogP contribution in [-0.2, 0) is 10.0 Å². The standard InChI is InChI=1S/C11H16BrNO3S/c1-4-8(2)13-17(14,15)11-7-9(12)5-6-10(11)16-3/h5-8,13H,4H2,1-3H3/t8-/m0/s1. The van der Waals surface area contributed by atoms with E-state index in [-0.39, 0.29) is 10.9 Å². The molecule has 0 aliphatic carbocycles. The fourth-order valence-electron chi connectivity index (χ4n) is 1.27. The predicted octanol–water partition coefficient (Wildman–Crippen LogP) is 2.53. The van der Waals surface area contributed by atoms with E-state index >= 15 is 0 Å². The molecule has 0 radical (unpaired) electrons. The molecule has 0 spiro atoms. The summed E-state index contributed by atoms with van der Waals surface area (Å²) in [5.41, 5.74) is 0. The lowest BCUT2D eigenvalue weighted by molar-refractivity contribution is 0.402. The van der Waals surface area contributed by atoms with E-state index in [9.17, 15) is 8.42 Å². The van der Waals surface area contributed by atoms with Gasteiger partial charge in [0.25, 0.3) is 0 Å². The molecule has 0 heterocycles. The van der Waals surface area contributed by atoms with Crippen molar-refractivity contribution in [3.05, 3.63) is 22.7 Å². The summed E-state index contributed by atoms with van der Waals surface area (Å²) in [6.45, 7) is 3.74. The average molecular weight is 322 g/mol. The zero-order valence-electron chi connectivity index (χ0n) is 10.0. The van der Waals surface area contributed by atoms with Gasteiger partial charge >= 0.3 is 0 Å². The molecular formula is C11H16BrNO3S. The van der Waals surface area contributed by atoms with Crippen molar-refractivity contribution >= 4 is 26.0 Å². The van der Waals surface area contributed by atoms with Gasteiger partial charge in [-0.15, -0.1) is 0 Å². The Morgan fingerprint density at radius 3 is 2.65 bits per heavy atom. The second-order valence-electron chi connectivity index (χ2n) is 3.73. The smallest absolute Gasteiger partial charge is 0.244 e. The minimum Gasteiger partial charge on any atom is -0.495 e. The minimum atomic E-state index is -3.54. The number of methoxy groups -OCH3 is 1. The molecule has 0 aliphatic rings. The van der Waals surface area contributed by atoms with Gasteiger partial charge in [0.1, 0.15) is 10.6 Å². The lowest BCUT2D eigenvalue weighted by Gasteiger charge is -2.14. The molecule has 0 unspecified atom stereocenters. The van der Waals surface area contributed by atoms with E-state index in [0.717, 1.165) is 6.42 Å². The first kappa shape index (κ1) is 14.5. The quantitative estimate of drug-likeness (QED) is 0.906. The van der Waals surface area contributed by atoms with Crippen molar-refractivity contribution in [2.75, 3.05) is 7.11 Å². The van der Waals surface area contributed by atoms with Crippen molar-refractivity contribution < 1.29 is 13.2 Å². The molecule has 0 fully saturated rings. The van der Waals surface area contributed by atoms with Gasteiger partial charge in [0.2, 0.25) is 10.0 Å². The van der Waals surface area contributed by atoms with Crippen LogP contribution in [0.3, 0.4) is 0 Å². The van der Waals surface area contributed by atoms with Gasteiger partial charge in [0, 0.05) is 10.5 Å². The molecule has 0 aliphatic heterocycles. The van der Waals surface area contributed by atoms with E-state index < -0.39 is 10.0 Å². The molecule has 0 saturated heterocycles. The zero-order valence-corrected chi connectivity index (χ0v) is 12.4. The first-order valence-corrected chi connectivity index (χ1v) is 7.54. The Labute approximate surface area is 111 Å². The van der Waals surface area contributed by atoms with Crippen molar-refractivity contribution in [2.24, 2.45) is 0 Å². The molecule has 96 valence electrons. The molecule has 6 heteroatoms. The molecule has 0 bridgehead atoms. The molecular weight excluding hydrogens is 306 g/mol. The maximum Gasteiger partial charge on any atom is 0.244 e. The maximum absolute atomic E-state index is 12.1. The van der Waals surface area contributed by atoms with Gasteiger partial charge < -0.3 is 4.74 Å². The summed E-state index contributed by atoms with van der Waals surface area (Å²) in [5, 5.41) is 0. The van der Waals surface area contributed by atoms with Gasteiger partial charge in [-0.05, 0) is 31.5 Å². The second kappa shape index (κ2) is 5.84. The Bertz CT molecular complexity index is 487. The number of hydrogen-bond donors (Lipinski definition) is 1. The van der Waals surface area contributed by atoms with Crippen molar-refractivity contribution in [1.29, 1.82) is 0 Å². The van der Waals surface area contributed by atoms with Crippen LogP contribution in [0.1, 0.15) is 20.3 Å². The van der Waals surface area contributed by atoms with E-state index in [1.165, 1.54) is 13.2 Å². The Hall–Kier alpha value is -0.590. The third kappa shape index (κ3) is 3.69. The van der Waals surface area contributed by atoms with Gasteiger partial charge in [-0.3, -0.25) is 0 Å². The maximum atomic E-state index is 12.1. The van der Waals surface area contributed by atoms with Crippen molar-refractivity contribution in [3.8, 4) is 5.75 Å². The van der Waals surface area contributed by atoms with Gasteiger partial charge in [-0.25, -0.2) is 13.1 Å². The molecule has 0 aromatic heterocycles. The molecule has 1 rings (SSSR count). The van der Waals surface area contributed by atoms with Crippen molar-refractivity contribution in [3.63, 3.8) is 0 Å². The molecule has 17 heavy (non-hydrogen) atoms. The van der Waals surface area contributed by atoms with Crippen LogP contribution in [0.2, 0.25) is 0 Å². The highest BCUT2D eigenvalue weighted by molar-refractivity contribution is 9.10. The third-order valence-corrected chi connectivity index (χ3v) is 4.49. The van der Waals surface area contributed by atoms with Crippen LogP contribution in [0.4, 0.5) is 0 Å². The molecule has 0 amide bonds. The number of hydrogen-bond acceptors (Lipinski definition) is 3. The largest absolute Gasteiger partial charge is 0.495 e. The molecule has 4 nitrogen and oxygen atoms in total. The number of ether oxygens (including phenoxy) is 1. The normalized spacial score (nSPS) is 13.4. The van der Waals surface area contributed by atoms with Gasteiger partial charge in [0.15, 0.2) is 0 Å². The Morgan fingerprint density at radius 2 is 2.12 bits per heavy atom. The summed E-state index contributed by atoms with van der Waals surface area (Å²) >= 11 is 3.25. The molecule has 1 N–H and O–H groups in total. The molecule has 1 atom stereocenters. The predicted molar refractivity (Wildman–Crippen MR) is 70.8 cm³/mol. The van der Waals surface area contributed by atoms with E-state index in [1.807, 2.05) is 13.8 Å². The highest BCUT2D eigenvalue weighted by atomic mass is 79.9. The first-order valence-electron chi connectivity index (χ1n) is 5.26.